The van der Waals surface area contributed by atoms with Crippen LogP contribution in [0.1, 0.15) is 55.6 Å². The molecule has 1 aromatic carbocycles. The van der Waals surface area contributed by atoms with Gasteiger partial charge in [-0.05, 0) is 23.8 Å². The Bertz CT molecular complexity index is 1360. The van der Waals surface area contributed by atoms with Gasteiger partial charge in [-0.15, -0.1) is 16.8 Å². The van der Waals surface area contributed by atoms with Crippen LogP contribution in [-0.2, 0) is 12.0 Å². The third-order valence-corrected chi connectivity index (χ3v) is 6.71. The van der Waals surface area contributed by atoms with E-state index in [9.17, 15) is 14.4 Å². The molecule has 1 saturated carbocycles. The number of thioether (sulfide) groups is 1. The second kappa shape index (κ2) is 9.09. The summed E-state index contributed by atoms with van der Waals surface area (Å²) in [5, 5.41) is 9.12. The quantitative estimate of drug-likeness (QED) is 0.288. The highest BCUT2D eigenvalue weighted by molar-refractivity contribution is 7.99. The molecule has 9 nitrogen and oxygen atoms in total. The van der Waals surface area contributed by atoms with Crippen molar-refractivity contribution in [3.8, 4) is 11.4 Å². The molecule has 0 bridgehead atoms. The van der Waals surface area contributed by atoms with Gasteiger partial charge in [0, 0.05) is 18.2 Å². The van der Waals surface area contributed by atoms with Gasteiger partial charge >= 0.3 is 5.69 Å². The fourth-order valence-corrected chi connectivity index (χ4v) is 4.57. The maximum Gasteiger partial charge on any atom is 0.330 e. The average Bonchev–Trinajstić information content (AvgIpc) is 3.52. The Labute approximate surface area is 201 Å². The highest BCUT2D eigenvalue weighted by Gasteiger charge is 2.30. The van der Waals surface area contributed by atoms with Crippen LogP contribution >= 0.6 is 11.8 Å². The van der Waals surface area contributed by atoms with Gasteiger partial charge < -0.3 is 5.73 Å². The van der Waals surface area contributed by atoms with Crippen molar-refractivity contribution in [2.45, 2.75) is 56.8 Å². The van der Waals surface area contributed by atoms with Gasteiger partial charge in [0.2, 0.25) is 0 Å². The number of carbonyl (C=O) groups excluding carboxylic acids is 1. The van der Waals surface area contributed by atoms with Crippen LogP contribution in [0.4, 0.5) is 5.82 Å². The number of nitrogens with zero attached hydrogens (tertiary/aromatic N) is 4. The first-order chi connectivity index (χ1) is 16.1. The highest BCUT2D eigenvalue weighted by Crippen LogP contribution is 2.35. The number of hydrogen-bond acceptors (Lipinski definition) is 7. The Morgan fingerprint density at radius 2 is 1.91 bits per heavy atom. The third kappa shape index (κ3) is 4.63. The standard InChI is InChI=1S/C24H28N6O3S/c1-5-12-29-20(14-6-8-15(9-7-14)24(2,3)4)27-28-23(29)34-13-17(31)18-19(25)30(16-10-11-16)22(33)26-21(18)32/h5-9,16H,1,10-13,25H2,2-4H3,(H,26,32,33). The normalized spacial score (nSPS) is 13.7. The predicted molar refractivity (Wildman–Crippen MR) is 133 cm³/mol. The number of rotatable bonds is 8. The number of nitrogens with two attached hydrogens (primary N) is 1. The lowest BCUT2D eigenvalue weighted by molar-refractivity contribution is 0.102. The van der Waals surface area contributed by atoms with E-state index >= 15 is 0 Å². The van der Waals surface area contributed by atoms with Crippen LogP contribution in [0.25, 0.3) is 11.4 Å². The molecule has 10 heteroatoms. The Balaban J connectivity index is 1.59. The van der Waals surface area contributed by atoms with Gasteiger partial charge in [0.15, 0.2) is 16.8 Å². The van der Waals surface area contributed by atoms with Crippen molar-refractivity contribution in [2.24, 2.45) is 0 Å². The van der Waals surface area contributed by atoms with Crippen LogP contribution in [-0.4, -0.2) is 35.9 Å². The number of nitrogen functional groups attached to an aromatic ring is 1. The second-order valence-corrected chi connectivity index (χ2v) is 10.3. The van der Waals surface area contributed by atoms with Crippen molar-refractivity contribution in [3.05, 3.63) is 68.9 Å². The zero-order chi connectivity index (χ0) is 24.6. The first-order valence-corrected chi connectivity index (χ1v) is 12.1. The summed E-state index contributed by atoms with van der Waals surface area (Å²) in [4.78, 5) is 39.6. The second-order valence-electron chi connectivity index (χ2n) is 9.37. The number of Topliss-reactive ketones (excluding diaryl/α,β-unsaturated/α-hetero) is 1. The van der Waals surface area contributed by atoms with Crippen molar-refractivity contribution in [1.82, 2.24) is 24.3 Å². The van der Waals surface area contributed by atoms with Crippen molar-refractivity contribution in [3.63, 3.8) is 0 Å². The van der Waals surface area contributed by atoms with Crippen LogP contribution < -0.4 is 17.0 Å². The molecule has 0 saturated heterocycles. The molecule has 34 heavy (non-hydrogen) atoms. The Kier molecular flexibility index (Phi) is 6.35. The minimum atomic E-state index is -0.766. The lowest BCUT2D eigenvalue weighted by Crippen LogP contribution is -2.36. The summed E-state index contributed by atoms with van der Waals surface area (Å²) in [6.45, 7) is 10.7. The van der Waals surface area contributed by atoms with Crippen LogP contribution in [0.3, 0.4) is 0 Å². The zero-order valence-electron chi connectivity index (χ0n) is 19.5. The monoisotopic (exact) mass is 480 g/mol. The summed E-state index contributed by atoms with van der Waals surface area (Å²) in [5.41, 5.74) is 6.68. The van der Waals surface area contributed by atoms with Crippen molar-refractivity contribution in [2.75, 3.05) is 11.5 Å². The molecule has 2 heterocycles. The number of nitrogens with one attached hydrogen (secondary N) is 1. The van der Waals surface area contributed by atoms with Crippen molar-refractivity contribution in [1.29, 1.82) is 0 Å². The molecule has 3 aromatic rings. The predicted octanol–water partition coefficient (Wildman–Crippen LogP) is 3.17. The van der Waals surface area contributed by atoms with E-state index in [1.807, 2.05) is 16.7 Å². The number of hydrogen-bond donors (Lipinski definition) is 2. The summed E-state index contributed by atoms with van der Waals surface area (Å²) in [6, 6.07) is 8.09. The maximum atomic E-state index is 12.9. The van der Waals surface area contributed by atoms with Gasteiger partial charge in [0.25, 0.3) is 5.56 Å². The largest absolute Gasteiger partial charge is 0.384 e. The molecule has 0 unspecified atom stereocenters. The van der Waals surface area contributed by atoms with Gasteiger partial charge in [0.05, 0.1) is 5.75 Å². The van der Waals surface area contributed by atoms with Gasteiger partial charge in [-0.2, -0.15) is 0 Å². The number of aromatic amines is 1. The molecular formula is C24H28N6O3S. The van der Waals surface area contributed by atoms with E-state index in [0.717, 1.165) is 30.2 Å². The first kappa shape index (κ1) is 23.7. The van der Waals surface area contributed by atoms with Crippen LogP contribution in [0, 0.1) is 0 Å². The lowest BCUT2D eigenvalue weighted by Gasteiger charge is -2.19. The first-order valence-electron chi connectivity index (χ1n) is 11.1. The summed E-state index contributed by atoms with van der Waals surface area (Å²) < 4.78 is 3.18. The smallest absolute Gasteiger partial charge is 0.330 e. The van der Waals surface area contributed by atoms with E-state index in [1.165, 1.54) is 10.1 Å². The molecule has 0 aliphatic heterocycles. The van der Waals surface area contributed by atoms with Gasteiger partial charge in [-0.25, -0.2) is 4.79 Å². The van der Waals surface area contributed by atoms with Crippen molar-refractivity contribution >= 4 is 23.4 Å². The van der Waals surface area contributed by atoms with E-state index in [1.54, 1.807) is 6.08 Å². The topological polar surface area (TPSA) is 129 Å². The third-order valence-electron chi connectivity index (χ3n) is 5.74. The molecule has 1 fully saturated rings. The Morgan fingerprint density at radius 1 is 1.24 bits per heavy atom. The van der Waals surface area contributed by atoms with Gasteiger partial charge in [-0.1, -0.05) is 62.9 Å². The highest BCUT2D eigenvalue weighted by atomic mass is 32.2. The van der Waals surface area contributed by atoms with Gasteiger partial charge in [-0.3, -0.25) is 23.7 Å². The van der Waals surface area contributed by atoms with Crippen LogP contribution in [0.15, 0.2) is 51.7 Å². The molecule has 4 rings (SSSR count). The molecule has 0 radical (unpaired) electrons. The number of aromatic nitrogens is 5. The number of ketones is 1. The van der Waals surface area contributed by atoms with Crippen LogP contribution in [0.5, 0.6) is 0 Å². The zero-order valence-corrected chi connectivity index (χ0v) is 20.3. The van der Waals surface area contributed by atoms with E-state index in [-0.39, 0.29) is 28.6 Å². The number of H-pyrrole nitrogens is 1. The summed E-state index contributed by atoms with van der Waals surface area (Å²) in [7, 11) is 0. The molecular weight excluding hydrogens is 452 g/mol. The Morgan fingerprint density at radius 3 is 2.50 bits per heavy atom. The molecule has 1 aliphatic rings. The molecule has 2 aromatic heterocycles. The SMILES string of the molecule is C=CCn1c(SCC(=O)c2c(N)n(C3CC3)c(=O)[nH]c2=O)nnc1-c1ccc(C(C)(C)C)cc1. The average molecular weight is 481 g/mol. The van der Waals surface area contributed by atoms with Gasteiger partial charge in [0.1, 0.15) is 11.4 Å². The molecule has 0 amide bonds. The number of anilines is 1. The number of allylic oxidation sites excluding steroid dienone is 1. The summed E-state index contributed by atoms with van der Waals surface area (Å²) in [6.07, 6.45) is 3.32. The van der Waals surface area contributed by atoms with E-state index in [2.05, 4.69) is 54.7 Å². The number of benzene rings is 1. The molecule has 178 valence electrons. The minimum Gasteiger partial charge on any atom is -0.384 e. The number of carbonyl (C=O) groups is 1. The molecule has 3 N–H and O–H groups in total. The van der Waals surface area contributed by atoms with E-state index in [4.69, 9.17) is 5.73 Å². The summed E-state index contributed by atoms with van der Waals surface area (Å²) in [5.74, 6) is 0.0420. The lowest BCUT2D eigenvalue weighted by atomic mass is 9.87. The summed E-state index contributed by atoms with van der Waals surface area (Å²) >= 11 is 1.16. The molecule has 0 atom stereocenters. The Hall–Kier alpha value is -3.40. The minimum absolute atomic E-state index is 0.0380. The molecule has 0 spiro atoms. The molecule has 1 aliphatic carbocycles. The maximum absolute atomic E-state index is 12.9. The fourth-order valence-electron chi connectivity index (χ4n) is 3.76. The van der Waals surface area contributed by atoms with E-state index in [0.29, 0.717) is 17.5 Å². The van der Waals surface area contributed by atoms with E-state index < -0.39 is 17.0 Å². The fraction of sp³-hybridized carbons (Fsp3) is 0.375. The van der Waals surface area contributed by atoms with Crippen molar-refractivity contribution < 1.29 is 4.79 Å². The van der Waals surface area contributed by atoms with Crippen LogP contribution in [0.2, 0.25) is 0 Å².